The molecule has 0 bridgehead atoms. The summed E-state index contributed by atoms with van der Waals surface area (Å²) < 4.78 is 24.6. The average molecular weight is 330 g/mol. The average Bonchev–Trinajstić information content (AvgIpc) is 2.86. The van der Waals surface area contributed by atoms with Crippen LogP contribution in [0.1, 0.15) is 12.0 Å². The Morgan fingerprint density at radius 3 is 2.72 bits per heavy atom. The Bertz CT molecular complexity index is 611. The van der Waals surface area contributed by atoms with Crippen LogP contribution >= 0.6 is 15.9 Å². The van der Waals surface area contributed by atoms with Crippen LogP contribution in [-0.2, 0) is 16.3 Å². The first-order valence-corrected chi connectivity index (χ1v) is 7.85. The van der Waals surface area contributed by atoms with E-state index in [1.165, 1.54) is 6.33 Å². The van der Waals surface area contributed by atoms with Crippen molar-refractivity contribution >= 4 is 25.8 Å². The van der Waals surface area contributed by atoms with E-state index in [9.17, 15) is 8.42 Å². The van der Waals surface area contributed by atoms with E-state index in [1.807, 2.05) is 24.3 Å². The molecule has 0 fully saturated rings. The summed E-state index contributed by atoms with van der Waals surface area (Å²) in [4.78, 5) is 3.67. The second kappa shape index (κ2) is 5.62. The molecule has 2 aromatic rings. The summed E-state index contributed by atoms with van der Waals surface area (Å²) in [6.45, 7) is 0. The third kappa shape index (κ3) is 3.17. The molecule has 0 amide bonds. The highest BCUT2D eigenvalue weighted by Gasteiger charge is 2.17. The number of halogens is 1. The van der Waals surface area contributed by atoms with E-state index in [0.29, 0.717) is 12.8 Å². The van der Waals surface area contributed by atoms with Crippen LogP contribution in [0.25, 0.3) is 0 Å². The molecule has 0 saturated carbocycles. The van der Waals surface area contributed by atoms with E-state index in [4.69, 9.17) is 0 Å². The van der Waals surface area contributed by atoms with Crippen LogP contribution in [0, 0.1) is 0 Å². The third-order valence-electron chi connectivity index (χ3n) is 2.50. The minimum absolute atomic E-state index is 0.0591. The Balaban J connectivity index is 1.96. The molecule has 1 heterocycles. The van der Waals surface area contributed by atoms with Crippen molar-refractivity contribution in [3.8, 4) is 0 Å². The van der Waals surface area contributed by atoms with Gasteiger partial charge in [0.2, 0.25) is 15.0 Å². The standard InChI is InChI=1S/C11H12BrN3O2S/c12-10-6-2-1-4-9(10)5-3-7-18(16,17)11-13-8-14-15-11/h1-2,4,6,8H,3,5,7H2,(H,13,14,15). The lowest BCUT2D eigenvalue weighted by atomic mass is 10.1. The summed E-state index contributed by atoms with van der Waals surface area (Å²) >= 11 is 3.44. The predicted octanol–water partition coefficient (Wildman–Crippen LogP) is 1.97. The van der Waals surface area contributed by atoms with Gasteiger partial charge in [0, 0.05) is 4.47 Å². The topological polar surface area (TPSA) is 75.7 Å². The SMILES string of the molecule is O=S(=O)(CCCc1ccccc1Br)c1ncn[nH]1. The first-order chi connectivity index (χ1) is 8.59. The molecular weight excluding hydrogens is 318 g/mol. The molecule has 18 heavy (non-hydrogen) atoms. The number of benzene rings is 1. The van der Waals surface area contributed by atoms with Gasteiger partial charge in [0.25, 0.3) is 0 Å². The summed E-state index contributed by atoms with van der Waals surface area (Å²) in [7, 11) is -3.34. The number of nitrogens with zero attached hydrogens (tertiary/aromatic N) is 2. The van der Waals surface area contributed by atoms with Gasteiger partial charge in [-0.2, -0.15) is 5.10 Å². The molecule has 1 aromatic heterocycles. The Labute approximate surface area is 114 Å². The first-order valence-electron chi connectivity index (χ1n) is 5.41. The molecule has 0 spiro atoms. The summed E-state index contributed by atoms with van der Waals surface area (Å²) in [5.74, 6) is 0.0591. The summed E-state index contributed by atoms with van der Waals surface area (Å²) in [6.07, 6.45) is 2.45. The largest absolute Gasteiger partial charge is 0.250 e. The van der Waals surface area contributed by atoms with Gasteiger partial charge < -0.3 is 0 Å². The number of hydrogen-bond donors (Lipinski definition) is 1. The molecule has 2 rings (SSSR count). The number of H-pyrrole nitrogens is 1. The number of aromatic amines is 1. The zero-order valence-electron chi connectivity index (χ0n) is 9.51. The number of hydrogen-bond acceptors (Lipinski definition) is 4. The van der Waals surface area contributed by atoms with Gasteiger partial charge in [-0.25, -0.2) is 13.4 Å². The number of aromatic nitrogens is 3. The van der Waals surface area contributed by atoms with Crippen LogP contribution in [0.3, 0.4) is 0 Å². The highest BCUT2D eigenvalue weighted by atomic mass is 79.9. The van der Waals surface area contributed by atoms with Gasteiger partial charge in [-0.15, -0.1) is 0 Å². The zero-order valence-corrected chi connectivity index (χ0v) is 11.9. The second-order valence-corrected chi connectivity index (χ2v) is 6.68. The lowest BCUT2D eigenvalue weighted by Gasteiger charge is -2.04. The molecule has 5 nitrogen and oxygen atoms in total. The highest BCUT2D eigenvalue weighted by molar-refractivity contribution is 9.10. The lowest BCUT2D eigenvalue weighted by molar-refractivity contribution is 0.585. The van der Waals surface area contributed by atoms with Crippen LogP contribution < -0.4 is 0 Å². The van der Waals surface area contributed by atoms with Crippen molar-refractivity contribution in [2.75, 3.05) is 5.75 Å². The number of nitrogens with one attached hydrogen (secondary N) is 1. The van der Waals surface area contributed by atoms with Crippen molar-refractivity contribution in [3.63, 3.8) is 0 Å². The van der Waals surface area contributed by atoms with E-state index in [1.54, 1.807) is 0 Å². The molecule has 1 aromatic carbocycles. The second-order valence-electron chi connectivity index (χ2n) is 3.80. The predicted molar refractivity (Wildman–Crippen MR) is 70.9 cm³/mol. The molecule has 0 aliphatic heterocycles. The van der Waals surface area contributed by atoms with E-state index in [2.05, 4.69) is 31.1 Å². The van der Waals surface area contributed by atoms with E-state index in [-0.39, 0.29) is 10.9 Å². The van der Waals surface area contributed by atoms with Gasteiger partial charge in [-0.3, -0.25) is 5.10 Å². The highest BCUT2D eigenvalue weighted by Crippen LogP contribution is 2.18. The van der Waals surface area contributed by atoms with Crippen LogP contribution in [-0.4, -0.2) is 29.4 Å². The molecule has 0 aliphatic rings. The normalized spacial score (nSPS) is 11.6. The number of rotatable bonds is 5. The van der Waals surface area contributed by atoms with Gasteiger partial charge >= 0.3 is 0 Å². The minimum atomic E-state index is -3.34. The Morgan fingerprint density at radius 1 is 1.28 bits per heavy atom. The summed E-state index contributed by atoms with van der Waals surface area (Å²) in [5.41, 5.74) is 1.10. The van der Waals surface area contributed by atoms with Crippen LogP contribution in [0.15, 0.2) is 40.2 Å². The van der Waals surface area contributed by atoms with Gasteiger partial charge in [-0.05, 0) is 24.5 Å². The molecule has 7 heteroatoms. The fourth-order valence-electron chi connectivity index (χ4n) is 1.59. The molecule has 0 aliphatic carbocycles. The first kappa shape index (κ1) is 13.2. The summed E-state index contributed by atoms with van der Waals surface area (Å²) in [6, 6.07) is 7.79. The fourth-order valence-corrected chi connectivity index (χ4v) is 3.19. The number of aryl methyl sites for hydroxylation is 1. The maximum absolute atomic E-state index is 11.8. The molecule has 96 valence electrons. The fraction of sp³-hybridized carbons (Fsp3) is 0.273. The molecule has 0 atom stereocenters. The smallest absolute Gasteiger partial charge is 0.242 e. The van der Waals surface area contributed by atoms with Crippen molar-refractivity contribution < 1.29 is 8.42 Å². The molecular formula is C11H12BrN3O2S. The third-order valence-corrected chi connectivity index (χ3v) is 4.89. The quantitative estimate of drug-likeness (QED) is 0.909. The Morgan fingerprint density at radius 2 is 2.06 bits per heavy atom. The molecule has 0 unspecified atom stereocenters. The van der Waals surface area contributed by atoms with Gasteiger partial charge in [0.15, 0.2) is 0 Å². The van der Waals surface area contributed by atoms with E-state index < -0.39 is 9.84 Å². The van der Waals surface area contributed by atoms with Gasteiger partial charge in [0.1, 0.15) is 6.33 Å². The zero-order chi connectivity index (χ0) is 13.0. The van der Waals surface area contributed by atoms with E-state index >= 15 is 0 Å². The Hall–Kier alpha value is -1.21. The van der Waals surface area contributed by atoms with Crippen molar-refractivity contribution in [1.29, 1.82) is 0 Å². The summed E-state index contributed by atoms with van der Waals surface area (Å²) in [5, 5.41) is 5.86. The van der Waals surface area contributed by atoms with Crippen LogP contribution in [0.5, 0.6) is 0 Å². The molecule has 0 radical (unpaired) electrons. The van der Waals surface area contributed by atoms with Crippen molar-refractivity contribution in [2.45, 2.75) is 18.0 Å². The van der Waals surface area contributed by atoms with Crippen molar-refractivity contribution in [3.05, 3.63) is 40.6 Å². The molecule has 1 N–H and O–H groups in total. The molecule has 0 saturated heterocycles. The number of sulfone groups is 1. The van der Waals surface area contributed by atoms with Crippen molar-refractivity contribution in [2.24, 2.45) is 0 Å². The monoisotopic (exact) mass is 329 g/mol. The van der Waals surface area contributed by atoms with Gasteiger partial charge in [0.05, 0.1) is 5.75 Å². The maximum atomic E-state index is 11.8. The van der Waals surface area contributed by atoms with Crippen molar-refractivity contribution in [1.82, 2.24) is 15.2 Å². The van der Waals surface area contributed by atoms with Crippen LogP contribution in [0.4, 0.5) is 0 Å². The van der Waals surface area contributed by atoms with Crippen LogP contribution in [0.2, 0.25) is 0 Å². The van der Waals surface area contributed by atoms with E-state index in [0.717, 1.165) is 10.0 Å². The van der Waals surface area contributed by atoms with Gasteiger partial charge in [-0.1, -0.05) is 34.1 Å². The maximum Gasteiger partial charge on any atom is 0.242 e. The minimum Gasteiger partial charge on any atom is -0.250 e. The Kier molecular flexibility index (Phi) is 4.13. The lowest BCUT2D eigenvalue weighted by Crippen LogP contribution is -2.09.